The smallest absolute Gasteiger partial charge is 0.104 e. The molecule has 4 heteroatoms. The van der Waals surface area contributed by atoms with Gasteiger partial charge < -0.3 is 19.8 Å². The van der Waals surface area contributed by atoms with Crippen LogP contribution in [-0.4, -0.2) is 60.7 Å². The summed E-state index contributed by atoms with van der Waals surface area (Å²) in [6.07, 6.45) is -0.962. The van der Waals surface area contributed by atoms with E-state index in [2.05, 4.69) is 4.90 Å². The van der Waals surface area contributed by atoms with Crippen molar-refractivity contribution in [1.82, 2.24) is 4.90 Å². The number of ether oxygens (including phenoxy) is 1. The lowest BCUT2D eigenvalue weighted by Gasteiger charge is -2.32. The zero-order chi connectivity index (χ0) is 8.27. The summed E-state index contributed by atoms with van der Waals surface area (Å²) in [6.45, 7) is 2.01. The van der Waals surface area contributed by atoms with Crippen LogP contribution < -0.4 is 0 Å². The first-order chi connectivity index (χ1) is 5.24. The predicted octanol–water partition coefficient (Wildman–Crippen LogP) is -1.33. The van der Waals surface area contributed by atoms with Crippen LogP contribution in [0.5, 0.6) is 0 Å². The van der Waals surface area contributed by atoms with Gasteiger partial charge in [0.1, 0.15) is 6.10 Å². The molecule has 0 aromatic rings. The number of aliphatic hydroxyl groups is 2. The van der Waals surface area contributed by atoms with Crippen molar-refractivity contribution in [3.8, 4) is 0 Å². The first kappa shape index (κ1) is 8.93. The molecule has 0 amide bonds. The topological polar surface area (TPSA) is 52.9 Å². The lowest BCUT2D eigenvalue weighted by molar-refractivity contribution is -0.0961. The van der Waals surface area contributed by atoms with Crippen molar-refractivity contribution in [2.24, 2.45) is 0 Å². The van der Waals surface area contributed by atoms with Gasteiger partial charge in [0.2, 0.25) is 0 Å². The van der Waals surface area contributed by atoms with E-state index in [0.29, 0.717) is 13.2 Å². The van der Waals surface area contributed by atoms with Crippen molar-refractivity contribution < 1.29 is 14.9 Å². The van der Waals surface area contributed by atoms with Gasteiger partial charge >= 0.3 is 0 Å². The van der Waals surface area contributed by atoms with Crippen LogP contribution in [0.4, 0.5) is 0 Å². The number of rotatable bonds is 2. The third-order valence-electron chi connectivity index (χ3n) is 1.91. The summed E-state index contributed by atoms with van der Waals surface area (Å²) < 4.78 is 5.25. The molecule has 0 radical (unpaired) electrons. The van der Waals surface area contributed by atoms with Crippen molar-refractivity contribution in [2.45, 2.75) is 12.2 Å². The van der Waals surface area contributed by atoms with Crippen LogP contribution in [0.25, 0.3) is 0 Å². The molecule has 11 heavy (non-hydrogen) atoms. The highest BCUT2D eigenvalue weighted by atomic mass is 16.5. The fraction of sp³-hybridized carbons (Fsp3) is 1.00. The fourth-order valence-electron chi connectivity index (χ4n) is 1.16. The van der Waals surface area contributed by atoms with Crippen LogP contribution in [0.3, 0.4) is 0 Å². The second kappa shape index (κ2) is 4.01. The minimum absolute atomic E-state index is 0.223. The molecule has 1 heterocycles. The monoisotopic (exact) mass is 161 g/mol. The van der Waals surface area contributed by atoms with Gasteiger partial charge in [-0.1, -0.05) is 0 Å². The minimum atomic E-state index is -0.738. The molecule has 1 fully saturated rings. The summed E-state index contributed by atoms with van der Waals surface area (Å²) in [4.78, 5) is 2.08. The Kier molecular flexibility index (Phi) is 3.26. The second-order valence-electron chi connectivity index (χ2n) is 2.92. The van der Waals surface area contributed by atoms with Crippen LogP contribution in [0.1, 0.15) is 0 Å². The molecular weight excluding hydrogens is 146 g/mol. The average Bonchev–Trinajstić information content (AvgIpc) is 2.03. The summed E-state index contributed by atoms with van der Waals surface area (Å²) in [5.74, 6) is 0. The van der Waals surface area contributed by atoms with Gasteiger partial charge in [0.25, 0.3) is 0 Å². The van der Waals surface area contributed by atoms with E-state index in [-0.39, 0.29) is 12.7 Å². The molecule has 0 saturated carbocycles. The van der Waals surface area contributed by atoms with Crippen LogP contribution in [0, 0.1) is 0 Å². The van der Waals surface area contributed by atoms with Crippen molar-refractivity contribution in [1.29, 1.82) is 0 Å². The van der Waals surface area contributed by atoms with Gasteiger partial charge in [0, 0.05) is 13.1 Å². The molecule has 1 saturated heterocycles. The largest absolute Gasteiger partial charge is 0.394 e. The van der Waals surface area contributed by atoms with Gasteiger partial charge in [-0.25, -0.2) is 0 Å². The summed E-state index contributed by atoms with van der Waals surface area (Å²) in [5.41, 5.74) is 0. The second-order valence-corrected chi connectivity index (χ2v) is 2.92. The highest BCUT2D eigenvalue weighted by Gasteiger charge is 2.24. The maximum absolute atomic E-state index is 9.20. The van der Waals surface area contributed by atoms with Crippen molar-refractivity contribution >= 4 is 0 Å². The van der Waals surface area contributed by atoms with E-state index in [0.717, 1.165) is 6.54 Å². The number of hydrogen-bond acceptors (Lipinski definition) is 4. The first-order valence-electron chi connectivity index (χ1n) is 3.83. The number of hydrogen-bond donors (Lipinski definition) is 2. The zero-order valence-electron chi connectivity index (χ0n) is 6.73. The number of aliphatic hydroxyl groups excluding tert-OH is 2. The van der Waals surface area contributed by atoms with Crippen molar-refractivity contribution in [3.63, 3.8) is 0 Å². The third-order valence-corrected chi connectivity index (χ3v) is 1.91. The molecule has 0 unspecified atom stereocenters. The minimum Gasteiger partial charge on any atom is -0.394 e. The van der Waals surface area contributed by atoms with Gasteiger partial charge in [0.05, 0.1) is 19.3 Å². The molecule has 2 atom stereocenters. The van der Waals surface area contributed by atoms with E-state index >= 15 is 0 Å². The van der Waals surface area contributed by atoms with E-state index in [1.165, 1.54) is 0 Å². The predicted molar refractivity (Wildman–Crippen MR) is 40.3 cm³/mol. The number of morpholine rings is 1. The van der Waals surface area contributed by atoms with E-state index in [1.807, 2.05) is 7.05 Å². The quantitative estimate of drug-likeness (QED) is 0.527. The Labute approximate surface area is 66.4 Å². The van der Waals surface area contributed by atoms with E-state index in [9.17, 15) is 5.11 Å². The highest BCUT2D eigenvalue weighted by Crippen LogP contribution is 2.06. The average molecular weight is 161 g/mol. The Balaban J connectivity index is 2.33. The molecule has 0 aromatic carbocycles. The maximum Gasteiger partial charge on any atom is 0.104 e. The maximum atomic E-state index is 9.20. The van der Waals surface area contributed by atoms with E-state index in [4.69, 9.17) is 9.84 Å². The molecule has 4 nitrogen and oxygen atoms in total. The molecule has 0 aliphatic carbocycles. The van der Waals surface area contributed by atoms with Gasteiger partial charge in [-0.3, -0.25) is 0 Å². The van der Waals surface area contributed by atoms with Crippen molar-refractivity contribution in [2.75, 3.05) is 33.4 Å². The molecular formula is C7H15NO3. The van der Waals surface area contributed by atoms with Crippen LogP contribution in [0.15, 0.2) is 0 Å². The lowest BCUT2D eigenvalue weighted by Crippen LogP contribution is -2.47. The lowest BCUT2D eigenvalue weighted by atomic mass is 10.2. The van der Waals surface area contributed by atoms with Gasteiger partial charge in [-0.2, -0.15) is 0 Å². The Bertz CT molecular complexity index is 120. The number of likely N-dealkylation sites (N-methyl/N-ethyl adjacent to an activating group) is 1. The Morgan fingerprint density at radius 3 is 3.00 bits per heavy atom. The Morgan fingerprint density at radius 1 is 1.73 bits per heavy atom. The molecule has 1 rings (SSSR count). The molecule has 0 aromatic heterocycles. The zero-order valence-corrected chi connectivity index (χ0v) is 6.73. The highest BCUT2D eigenvalue weighted by molar-refractivity contribution is 4.75. The van der Waals surface area contributed by atoms with Crippen LogP contribution >= 0.6 is 0 Å². The Morgan fingerprint density at radius 2 is 2.45 bits per heavy atom. The van der Waals surface area contributed by atoms with E-state index < -0.39 is 6.10 Å². The Hall–Kier alpha value is -0.160. The molecule has 1 aliphatic rings. The van der Waals surface area contributed by atoms with Crippen LogP contribution in [0.2, 0.25) is 0 Å². The normalized spacial score (nSPS) is 30.3. The van der Waals surface area contributed by atoms with Crippen molar-refractivity contribution in [3.05, 3.63) is 0 Å². The molecule has 0 spiro atoms. The van der Waals surface area contributed by atoms with Gasteiger partial charge in [0.15, 0.2) is 0 Å². The third kappa shape index (κ3) is 2.41. The number of nitrogens with zero attached hydrogens (tertiary/aromatic N) is 1. The standard InChI is InChI=1S/C7H15NO3/c1-8-2-3-11-7(4-8)6(10)5-9/h6-7,9-10H,2-5H2,1H3/t6-,7+/m0/s1. The summed E-state index contributed by atoms with van der Waals surface area (Å²) >= 11 is 0. The molecule has 66 valence electrons. The fourth-order valence-corrected chi connectivity index (χ4v) is 1.16. The SMILES string of the molecule is CN1CCO[C@@H]([C@@H](O)CO)C1. The summed E-state index contributed by atoms with van der Waals surface area (Å²) in [5, 5.41) is 17.8. The van der Waals surface area contributed by atoms with Gasteiger partial charge in [-0.05, 0) is 7.05 Å². The van der Waals surface area contributed by atoms with Gasteiger partial charge in [-0.15, -0.1) is 0 Å². The molecule has 0 bridgehead atoms. The van der Waals surface area contributed by atoms with Crippen LogP contribution in [-0.2, 0) is 4.74 Å². The first-order valence-corrected chi connectivity index (χ1v) is 3.83. The summed E-state index contributed by atoms with van der Waals surface area (Å²) in [6, 6.07) is 0. The molecule has 1 aliphatic heterocycles. The summed E-state index contributed by atoms with van der Waals surface area (Å²) in [7, 11) is 1.97. The molecule has 2 N–H and O–H groups in total. The van der Waals surface area contributed by atoms with E-state index in [1.54, 1.807) is 0 Å².